The smallest absolute Gasteiger partial charge is 0.0568 e. The monoisotopic (exact) mass is 283 g/mol. The van der Waals surface area contributed by atoms with E-state index >= 15 is 0 Å². The maximum absolute atomic E-state index is 5.89. The van der Waals surface area contributed by atoms with E-state index in [4.69, 9.17) is 5.73 Å². The van der Waals surface area contributed by atoms with Gasteiger partial charge in [-0.05, 0) is 36.8 Å². The number of rotatable bonds is 4. The van der Waals surface area contributed by atoms with Gasteiger partial charge in [-0.3, -0.25) is 4.68 Å². The van der Waals surface area contributed by atoms with Crippen LogP contribution in [0.15, 0.2) is 36.7 Å². The Bertz CT molecular complexity index is 562. The molecule has 3 rings (SSSR count). The summed E-state index contributed by atoms with van der Waals surface area (Å²) in [6.45, 7) is 3.08. The Hall–Kier alpha value is -1.61. The molecule has 2 aromatic rings. The van der Waals surface area contributed by atoms with Crippen molar-refractivity contribution in [2.75, 3.05) is 0 Å². The van der Waals surface area contributed by atoms with Crippen LogP contribution in [0.5, 0.6) is 0 Å². The van der Waals surface area contributed by atoms with Gasteiger partial charge in [-0.2, -0.15) is 5.10 Å². The highest BCUT2D eigenvalue weighted by atomic mass is 15.3. The number of nitrogens with zero attached hydrogens (tertiary/aromatic N) is 2. The summed E-state index contributed by atoms with van der Waals surface area (Å²) in [4.78, 5) is 0. The zero-order chi connectivity index (χ0) is 14.7. The van der Waals surface area contributed by atoms with Gasteiger partial charge in [-0.15, -0.1) is 0 Å². The molecule has 1 fully saturated rings. The molecule has 0 saturated heterocycles. The quantitative estimate of drug-likeness (QED) is 0.916. The molecule has 1 heterocycles. The average molecular weight is 283 g/mol. The molecule has 1 aliphatic rings. The van der Waals surface area contributed by atoms with Gasteiger partial charge in [0, 0.05) is 24.3 Å². The summed E-state index contributed by atoms with van der Waals surface area (Å²) in [5.41, 5.74) is 9.48. The Morgan fingerprint density at radius 3 is 2.52 bits per heavy atom. The third kappa shape index (κ3) is 3.53. The maximum atomic E-state index is 5.89. The summed E-state index contributed by atoms with van der Waals surface area (Å²) in [6, 6.07) is 8.59. The SMILES string of the molecule is CC(N)c1ccc(-c2cnn(CC3CCCCC3)c2)cc1. The maximum Gasteiger partial charge on any atom is 0.0568 e. The summed E-state index contributed by atoms with van der Waals surface area (Å²) in [5.74, 6) is 0.812. The third-order valence-electron chi connectivity index (χ3n) is 4.57. The summed E-state index contributed by atoms with van der Waals surface area (Å²) in [7, 11) is 0. The van der Waals surface area contributed by atoms with Crippen molar-refractivity contribution in [1.29, 1.82) is 0 Å². The zero-order valence-corrected chi connectivity index (χ0v) is 12.8. The molecule has 1 unspecified atom stereocenters. The van der Waals surface area contributed by atoms with E-state index in [9.17, 15) is 0 Å². The minimum atomic E-state index is 0.0908. The number of aromatic nitrogens is 2. The van der Waals surface area contributed by atoms with Crippen molar-refractivity contribution in [2.45, 2.75) is 51.6 Å². The van der Waals surface area contributed by atoms with Crippen LogP contribution in [0, 0.1) is 5.92 Å². The van der Waals surface area contributed by atoms with E-state index in [1.54, 1.807) is 0 Å². The van der Waals surface area contributed by atoms with E-state index < -0.39 is 0 Å². The van der Waals surface area contributed by atoms with Crippen LogP contribution in [0.25, 0.3) is 11.1 Å². The molecule has 0 spiro atoms. The molecular formula is C18H25N3. The van der Waals surface area contributed by atoms with E-state index in [0.29, 0.717) is 0 Å². The van der Waals surface area contributed by atoms with Gasteiger partial charge < -0.3 is 5.73 Å². The Kier molecular flexibility index (Phi) is 4.39. The van der Waals surface area contributed by atoms with Gasteiger partial charge in [0.15, 0.2) is 0 Å². The molecule has 0 radical (unpaired) electrons. The molecule has 112 valence electrons. The first-order valence-corrected chi connectivity index (χ1v) is 8.11. The van der Waals surface area contributed by atoms with Crippen molar-refractivity contribution >= 4 is 0 Å². The molecule has 0 aliphatic heterocycles. The van der Waals surface area contributed by atoms with Gasteiger partial charge in [0.1, 0.15) is 0 Å². The molecule has 1 atom stereocenters. The fraction of sp³-hybridized carbons (Fsp3) is 0.500. The Morgan fingerprint density at radius 2 is 1.86 bits per heavy atom. The largest absolute Gasteiger partial charge is 0.324 e. The summed E-state index contributed by atoms with van der Waals surface area (Å²) in [6.07, 6.45) is 11.1. The van der Waals surface area contributed by atoms with Crippen LogP contribution in [-0.2, 0) is 6.54 Å². The van der Waals surface area contributed by atoms with Crippen LogP contribution in [-0.4, -0.2) is 9.78 Å². The van der Waals surface area contributed by atoms with Gasteiger partial charge in [0.2, 0.25) is 0 Å². The van der Waals surface area contributed by atoms with Crippen molar-refractivity contribution < 1.29 is 0 Å². The van der Waals surface area contributed by atoms with Crippen LogP contribution < -0.4 is 5.73 Å². The van der Waals surface area contributed by atoms with Crippen molar-refractivity contribution in [1.82, 2.24) is 9.78 Å². The molecule has 2 N–H and O–H groups in total. The normalized spacial score (nSPS) is 17.8. The number of benzene rings is 1. The van der Waals surface area contributed by atoms with Gasteiger partial charge in [-0.1, -0.05) is 43.5 Å². The first-order chi connectivity index (χ1) is 10.2. The lowest BCUT2D eigenvalue weighted by atomic mass is 9.89. The Labute approximate surface area is 127 Å². The van der Waals surface area contributed by atoms with Crippen LogP contribution in [0.3, 0.4) is 0 Å². The highest BCUT2D eigenvalue weighted by Crippen LogP contribution is 2.26. The molecule has 1 saturated carbocycles. The van der Waals surface area contributed by atoms with Crippen molar-refractivity contribution in [3.05, 3.63) is 42.2 Å². The van der Waals surface area contributed by atoms with Crippen LogP contribution in [0.4, 0.5) is 0 Å². The van der Waals surface area contributed by atoms with Gasteiger partial charge in [0.25, 0.3) is 0 Å². The van der Waals surface area contributed by atoms with Gasteiger partial charge in [0.05, 0.1) is 6.20 Å². The van der Waals surface area contributed by atoms with E-state index in [1.807, 2.05) is 13.1 Å². The minimum Gasteiger partial charge on any atom is -0.324 e. The molecule has 1 aromatic heterocycles. The second-order valence-corrected chi connectivity index (χ2v) is 6.37. The molecule has 3 heteroatoms. The molecule has 3 nitrogen and oxygen atoms in total. The molecule has 1 aliphatic carbocycles. The third-order valence-corrected chi connectivity index (χ3v) is 4.57. The van der Waals surface area contributed by atoms with E-state index in [2.05, 4.69) is 40.2 Å². The lowest BCUT2D eigenvalue weighted by Crippen LogP contribution is -2.14. The molecule has 0 amide bonds. The highest BCUT2D eigenvalue weighted by Gasteiger charge is 2.14. The summed E-state index contributed by atoms with van der Waals surface area (Å²) < 4.78 is 2.12. The standard InChI is InChI=1S/C18H25N3/c1-14(19)16-7-9-17(10-8-16)18-11-20-21(13-18)12-15-5-3-2-4-6-15/h7-11,13-15H,2-6,12,19H2,1H3. The van der Waals surface area contributed by atoms with E-state index in [0.717, 1.165) is 12.5 Å². The molecule has 21 heavy (non-hydrogen) atoms. The lowest BCUT2D eigenvalue weighted by Gasteiger charge is -2.21. The fourth-order valence-corrected chi connectivity index (χ4v) is 3.23. The van der Waals surface area contributed by atoms with Gasteiger partial charge >= 0.3 is 0 Å². The zero-order valence-electron chi connectivity index (χ0n) is 12.8. The van der Waals surface area contributed by atoms with Crippen LogP contribution in [0.1, 0.15) is 50.6 Å². The first-order valence-electron chi connectivity index (χ1n) is 8.11. The van der Waals surface area contributed by atoms with Crippen LogP contribution in [0.2, 0.25) is 0 Å². The number of hydrogen-bond acceptors (Lipinski definition) is 2. The second kappa shape index (κ2) is 6.44. The van der Waals surface area contributed by atoms with Crippen molar-refractivity contribution in [3.8, 4) is 11.1 Å². The number of hydrogen-bond donors (Lipinski definition) is 1. The second-order valence-electron chi connectivity index (χ2n) is 6.37. The number of nitrogens with two attached hydrogens (primary N) is 1. The predicted molar refractivity (Wildman–Crippen MR) is 86.8 cm³/mol. The highest BCUT2D eigenvalue weighted by molar-refractivity contribution is 5.62. The molecule has 1 aromatic carbocycles. The Morgan fingerprint density at radius 1 is 1.14 bits per heavy atom. The minimum absolute atomic E-state index is 0.0908. The Balaban J connectivity index is 1.69. The molecule has 0 bridgehead atoms. The van der Waals surface area contributed by atoms with Crippen molar-refractivity contribution in [3.63, 3.8) is 0 Å². The van der Waals surface area contributed by atoms with E-state index in [-0.39, 0.29) is 6.04 Å². The van der Waals surface area contributed by atoms with Gasteiger partial charge in [-0.25, -0.2) is 0 Å². The summed E-state index contributed by atoms with van der Waals surface area (Å²) in [5, 5.41) is 4.54. The average Bonchev–Trinajstić information content (AvgIpc) is 2.97. The fourth-order valence-electron chi connectivity index (χ4n) is 3.23. The van der Waals surface area contributed by atoms with Crippen molar-refractivity contribution in [2.24, 2.45) is 11.7 Å². The van der Waals surface area contributed by atoms with Crippen LogP contribution >= 0.6 is 0 Å². The predicted octanol–water partition coefficient (Wildman–Crippen LogP) is 4.15. The first kappa shape index (κ1) is 14.3. The lowest BCUT2D eigenvalue weighted by molar-refractivity contribution is 0.308. The molecular weight excluding hydrogens is 258 g/mol. The van der Waals surface area contributed by atoms with E-state index in [1.165, 1.54) is 48.8 Å². The topological polar surface area (TPSA) is 43.8 Å². The summed E-state index contributed by atoms with van der Waals surface area (Å²) >= 11 is 0.